The Balaban J connectivity index is 1.57. The highest BCUT2D eigenvalue weighted by Gasteiger charge is 2.28. The number of rotatable bonds is 6. The molecule has 0 amide bonds. The van der Waals surface area contributed by atoms with E-state index in [-0.39, 0.29) is 5.82 Å². The van der Waals surface area contributed by atoms with E-state index in [1.54, 1.807) is 28.6 Å². The van der Waals surface area contributed by atoms with Gasteiger partial charge in [0.15, 0.2) is 0 Å². The first-order valence-electron chi connectivity index (χ1n) is 9.44. The minimum atomic E-state index is -3.46. The van der Waals surface area contributed by atoms with Crippen LogP contribution in [-0.4, -0.2) is 50.3 Å². The van der Waals surface area contributed by atoms with Gasteiger partial charge in [-0.25, -0.2) is 12.8 Å². The van der Waals surface area contributed by atoms with Gasteiger partial charge >= 0.3 is 0 Å². The minimum Gasteiger partial charge on any atom is -0.300 e. The van der Waals surface area contributed by atoms with Crippen LogP contribution in [0, 0.1) is 5.82 Å². The van der Waals surface area contributed by atoms with E-state index in [0.29, 0.717) is 49.0 Å². The Morgan fingerprint density at radius 1 is 0.963 bits per heavy atom. The first kappa shape index (κ1) is 20.0. The molecule has 0 radical (unpaired) electrons. The van der Waals surface area contributed by atoms with Crippen molar-refractivity contribution in [3.63, 3.8) is 0 Å². The maximum atomic E-state index is 13.7. The zero-order valence-electron chi connectivity index (χ0n) is 15.9. The van der Waals surface area contributed by atoms with Gasteiger partial charge in [-0.05, 0) is 41.7 Å². The molecule has 1 saturated heterocycles. The van der Waals surface area contributed by atoms with Crippen molar-refractivity contribution in [2.75, 3.05) is 32.7 Å². The maximum absolute atomic E-state index is 13.7. The average Bonchev–Trinajstić information content (AvgIpc) is 2.68. The lowest BCUT2D eigenvalue weighted by Crippen LogP contribution is -2.49. The molecule has 1 heterocycles. The molecule has 1 aliphatic heterocycles. The van der Waals surface area contributed by atoms with Crippen LogP contribution < -0.4 is 0 Å². The van der Waals surface area contributed by atoms with E-state index in [2.05, 4.69) is 18.7 Å². The van der Waals surface area contributed by atoms with Gasteiger partial charge in [-0.2, -0.15) is 4.31 Å². The van der Waals surface area contributed by atoms with E-state index < -0.39 is 10.0 Å². The molecule has 0 atom stereocenters. The molecule has 2 aromatic carbocycles. The highest BCUT2D eigenvalue weighted by molar-refractivity contribution is 7.89. The van der Waals surface area contributed by atoms with Gasteiger partial charge in [0.25, 0.3) is 0 Å². The van der Waals surface area contributed by atoms with Gasteiger partial charge in [-0.1, -0.05) is 44.2 Å². The summed E-state index contributed by atoms with van der Waals surface area (Å²) in [6.45, 7) is 7.17. The van der Waals surface area contributed by atoms with Gasteiger partial charge in [0.05, 0.1) is 4.90 Å². The SMILES string of the molecule is CC(C)c1ccc(S(=O)(=O)N2CCN(CCc3ccccc3F)CC2)cc1. The maximum Gasteiger partial charge on any atom is 0.243 e. The van der Waals surface area contributed by atoms with Crippen LogP contribution in [0.4, 0.5) is 4.39 Å². The van der Waals surface area contributed by atoms with Crippen LogP contribution >= 0.6 is 0 Å². The van der Waals surface area contributed by atoms with Crippen molar-refractivity contribution in [3.8, 4) is 0 Å². The highest BCUT2D eigenvalue weighted by atomic mass is 32.2. The summed E-state index contributed by atoms with van der Waals surface area (Å²) in [7, 11) is -3.46. The lowest BCUT2D eigenvalue weighted by atomic mass is 10.0. The molecule has 0 unspecified atom stereocenters. The van der Waals surface area contributed by atoms with Crippen molar-refractivity contribution in [1.29, 1.82) is 0 Å². The van der Waals surface area contributed by atoms with Gasteiger partial charge < -0.3 is 4.90 Å². The van der Waals surface area contributed by atoms with Crippen LogP contribution in [0.3, 0.4) is 0 Å². The fourth-order valence-corrected chi connectivity index (χ4v) is 4.77. The fraction of sp³-hybridized carbons (Fsp3) is 0.429. The van der Waals surface area contributed by atoms with Crippen LogP contribution in [0.5, 0.6) is 0 Å². The Kier molecular flexibility index (Phi) is 6.29. The number of hydrogen-bond donors (Lipinski definition) is 0. The molecule has 3 rings (SSSR count). The number of halogens is 1. The van der Waals surface area contributed by atoms with Crippen molar-refractivity contribution < 1.29 is 12.8 Å². The summed E-state index contributed by atoms with van der Waals surface area (Å²) in [5, 5.41) is 0. The fourth-order valence-electron chi connectivity index (χ4n) is 3.35. The van der Waals surface area contributed by atoms with E-state index in [9.17, 15) is 12.8 Å². The summed E-state index contributed by atoms with van der Waals surface area (Å²) in [6.07, 6.45) is 0.635. The topological polar surface area (TPSA) is 40.6 Å². The highest BCUT2D eigenvalue weighted by Crippen LogP contribution is 2.21. The van der Waals surface area contributed by atoms with E-state index in [0.717, 1.165) is 12.1 Å². The number of sulfonamides is 1. The van der Waals surface area contributed by atoms with Crippen LogP contribution in [0.2, 0.25) is 0 Å². The summed E-state index contributed by atoms with van der Waals surface area (Å²) < 4.78 is 41.0. The van der Waals surface area contributed by atoms with Crippen LogP contribution in [0.1, 0.15) is 30.9 Å². The molecular formula is C21H27FN2O2S. The molecule has 4 nitrogen and oxygen atoms in total. The second-order valence-corrected chi connectivity index (χ2v) is 9.25. The summed E-state index contributed by atoms with van der Waals surface area (Å²) in [6, 6.07) is 14.0. The Morgan fingerprint density at radius 3 is 2.19 bits per heavy atom. The van der Waals surface area contributed by atoms with Crippen molar-refractivity contribution in [1.82, 2.24) is 9.21 Å². The van der Waals surface area contributed by atoms with Crippen LogP contribution in [0.25, 0.3) is 0 Å². The van der Waals surface area contributed by atoms with Gasteiger partial charge in [0, 0.05) is 32.7 Å². The molecule has 0 saturated carbocycles. The molecule has 27 heavy (non-hydrogen) atoms. The van der Waals surface area contributed by atoms with Gasteiger partial charge in [0.2, 0.25) is 10.0 Å². The third-order valence-corrected chi connectivity index (χ3v) is 7.08. The summed E-state index contributed by atoms with van der Waals surface area (Å²) in [5.74, 6) is 0.198. The average molecular weight is 391 g/mol. The molecule has 0 aromatic heterocycles. The predicted molar refractivity (Wildman–Crippen MR) is 106 cm³/mol. The first-order valence-corrected chi connectivity index (χ1v) is 10.9. The van der Waals surface area contributed by atoms with Crippen molar-refractivity contribution >= 4 is 10.0 Å². The molecule has 0 bridgehead atoms. The van der Waals surface area contributed by atoms with Crippen molar-refractivity contribution in [3.05, 3.63) is 65.5 Å². The second kappa shape index (κ2) is 8.50. The summed E-state index contributed by atoms with van der Waals surface area (Å²) in [5.41, 5.74) is 1.84. The molecule has 1 fully saturated rings. The zero-order valence-corrected chi connectivity index (χ0v) is 16.8. The van der Waals surface area contributed by atoms with Gasteiger partial charge in [0.1, 0.15) is 5.82 Å². The zero-order chi connectivity index (χ0) is 19.4. The molecule has 6 heteroatoms. The molecule has 0 N–H and O–H groups in total. The molecule has 2 aromatic rings. The summed E-state index contributed by atoms with van der Waals surface area (Å²) in [4.78, 5) is 2.55. The van der Waals surface area contributed by atoms with Crippen molar-refractivity contribution in [2.24, 2.45) is 0 Å². The Labute approximate surface area is 161 Å². The largest absolute Gasteiger partial charge is 0.300 e. The monoisotopic (exact) mass is 390 g/mol. The quantitative estimate of drug-likeness (QED) is 0.758. The first-order chi connectivity index (χ1) is 12.9. The molecule has 1 aliphatic rings. The second-order valence-electron chi connectivity index (χ2n) is 7.31. The number of hydrogen-bond acceptors (Lipinski definition) is 3. The lowest BCUT2D eigenvalue weighted by Gasteiger charge is -2.34. The third-order valence-electron chi connectivity index (χ3n) is 5.17. The van der Waals surface area contributed by atoms with Gasteiger partial charge in [-0.15, -0.1) is 0 Å². The normalized spacial score (nSPS) is 16.7. The Morgan fingerprint density at radius 2 is 1.59 bits per heavy atom. The standard InChI is InChI=1S/C21H27FN2O2S/c1-17(2)18-7-9-20(10-8-18)27(25,26)24-15-13-23(14-16-24)12-11-19-5-3-4-6-21(19)22/h3-10,17H,11-16H2,1-2H3. The summed E-state index contributed by atoms with van der Waals surface area (Å²) >= 11 is 0. The molecular weight excluding hydrogens is 363 g/mol. The van der Waals surface area contributed by atoms with Crippen LogP contribution in [-0.2, 0) is 16.4 Å². The van der Waals surface area contributed by atoms with E-state index in [1.807, 2.05) is 18.2 Å². The van der Waals surface area contributed by atoms with E-state index in [1.165, 1.54) is 6.07 Å². The third kappa shape index (κ3) is 4.75. The molecule has 0 spiro atoms. The predicted octanol–water partition coefficient (Wildman–Crippen LogP) is 3.50. The van der Waals surface area contributed by atoms with Gasteiger partial charge in [-0.3, -0.25) is 0 Å². The number of benzene rings is 2. The van der Waals surface area contributed by atoms with Crippen LogP contribution in [0.15, 0.2) is 53.4 Å². The molecule has 0 aliphatic carbocycles. The minimum absolute atomic E-state index is 0.177. The Hall–Kier alpha value is -1.76. The number of nitrogens with zero attached hydrogens (tertiary/aromatic N) is 2. The molecule has 146 valence electrons. The Bertz CT molecular complexity index is 858. The number of piperazine rings is 1. The smallest absolute Gasteiger partial charge is 0.243 e. The lowest BCUT2D eigenvalue weighted by molar-refractivity contribution is 0.190. The van der Waals surface area contributed by atoms with E-state index >= 15 is 0 Å². The van der Waals surface area contributed by atoms with E-state index in [4.69, 9.17) is 0 Å². The van der Waals surface area contributed by atoms with Crippen molar-refractivity contribution in [2.45, 2.75) is 31.1 Å².